The maximum atomic E-state index is 11.9. The lowest BCUT2D eigenvalue weighted by atomic mass is 10.4. The van der Waals surface area contributed by atoms with Gasteiger partial charge in [0.2, 0.25) is 0 Å². The normalized spacial score (nSPS) is 29.0. The Morgan fingerprint density at radius 1 is 1.33 bits per heavy atom. The minimum absolute atomic E-state index is 0.534. The van der Waals surface area contributed by atoms with E-state index in [0.717, 1.165) is 5.30 Å². The van der Waals surface area contributed by atoms with Gasteiger partial charge in [0.15, 0.2) is 0 Å². The molecule has 0 aromatic heterocycles. The van der Waals surface area contributed by atoms with Crippen LogP contribution < -0.4 is 10.4 Å². The molecule has 2 rings (SSSR count). The molecule has 4 heteroatoms. The molecule has 1 aromatic rings. The largest absolute Gasteiger partial charge is 0.313 e. The predicted octanol–water partition coefficient (Wildman–Crippen LogP) is 1.12. The van der Waals surface area contributed by atoms with Crippen molar-refractivity contribution in [2.75, 3.05) is 13.2 Å². The highest BCUT2D eigenvalue weighted by molar-refractivity contribution is 7.65. The molecule has 0 radical (unpaired) electrons. The second-order valence-electron chi connectivity index (χ2n) is 2.63. The molecule has 0 amide bonds. The summed E-state index contributed by atoms with van der Waals surface area (Å²) < 4.78 is 17.1. The second-order valence-corrected chi connectivity index (χ2v) is 4.82. The van der Waals surface area contributed by atoms with Crippen LogP contribution in [0.25, 0.3) is 0 Å². The van der Waals surface area contributed by atoms with E-state index in [0.29, 0.717) is 13.2 Å². The van der Waals surface area contributed by atoms with E-state index in [1.165, 1.54) is 0 Å². The van der Waals surface area contributed by atoms with Gasteiger partial charge in [0.1, 0.15) is 0 Å². The molecule has 1 N–H and O–H groups in total. The molecule has 0 bridgehead atoms. The fourth-order valence-electron chi connectivity index (χ4n) is 1.20. The Morgan fingerprint density at radius 2 is 2.08 bits per heavy atom. The number of nitrogens with one attached hydrogen (secondary N) is 1. The van der Waals surface area contributed by atoms with Crippen molar-refractivity contribution >= 4 is 12.8 Å². The molecule has 1 heterocycles. The predicted molar refractivity (Wildman–Crippen MR) is 47.6 cm³/mol. The van der Waals surface area contributed by atoms with Gasteiger partial charge in [-0.25, -0.2) is 5.09 Å². The minimum Gasteiger partial charge on any atom is -0.313 e. The van der Waals surface area contributed by atoms with Gasteiger partial charge in [-0.2, -0.15) is 0 Å². The lowest BCUT2D eigenvalue weighted by Crippen LogP contribution is -2.13. The fraction of sp³-hybridized carbons (Fsp3) is 0.250. The standard InChI is InChI=1S/C8H10NO2P/c10-12(9-6-7-11-12)8-4-2-1-3-5-8/h1-5H,6-7H2,(H,9,10). The van der Waals surface area contributed by atoms with Gasteiger partial charge in [-0.1, -0.05) is 18.2 Å². The summed E-state index contributed by atoms with van der Waals surface area (Å²) in [6, 6.07) is 9.25. The highest BCUT2D eigenvalue weighted by Gasteiger charge is 2.29. The fourth-order valence-corrected chi connectivity index (χ4v) is 2.92. The summed E-state index contributed by atoms with van der Waals surface area (Å²) in [7, 11) is -2.67. The van der Waals surface area contributed by atoms with Crippen molar-refractivity contribution in [3.05, 3.63) is 30.3 Å². The van der Waals surface area contributed by atoms with Gasteiger partial charge in [-0.15, -0.1) is 0 Å². The average Bonchev–Trinajstić information content (AvgIpc) is 2.55. The van der Waals surface area contributed by atoms with E-state index in [-0.39, 0.29) is 0 Å². The SMILES string of the molecule is O=P1(c2ccccc2)NCCO1. The van der Waals surface area contributed by atoms with Crippen LogP contribution in [0.15, 0.2) is 30.3 Å². The van der Waals surface area contributed by atoms with Crippen molar-refractivity contribution in [1.29, 1.82) is 0 Å². The molecule has 1 fully saturated rings. The van der Waals surface area contributed by atoms with Crippen LogP contribution in [0.1, 0.15) is 0 Å². The molecule has 0 saturated carbocycles. The number of hydrogen-bond donors (Lipinski definition) is 1. The van der Waals surface area contributed by atoms with Crippen LogP contribution in [0.2, 0.25) is 0 Å². The topological polar surface area (TPSA) is 38.3 Å². The molecule has 1 atom stereocenters. The monoisotopic (exact) mass is 183 g/mol. The van der Waals surface area contributed by atoms with Gasteiger partial charge < -0.3 is 4.52 Å². The summed E-state index contributed by atoms with van der Waals surface area (Å²) in [6.45, 7) is 1.21. The highest BCUT2D eigenvalue weighted by atomic mass is 31.2. The number of benzene rings is 1. The summed E-state index contributed by atoms with van der Waals surface area (Å²) in [6.07, 6.45) is 0. The first-order chi connectivity index (χ1) is 5.81. The average molecular weight is 183 g/mol. The molecule has 1 aromatic carbocycles. The Labute approximate surface area is 71.3 Å². The maximum Gasteiger partial charge on any atom is 0.299 e. The molecule has 1 saturated heterocycles. The van der Waals surface area contributed by atoms with Crippen molar-refractivity contribution in [2.24, 2.45) is 0 Å². The quantitative estimate of drug-likeness (QED) is 0.663. The molecular weight excluding hydrogens is 173 g/mol. The number of rotatable bonds is 1. The highest BCUT2D eigenvalue weighted by Crippen LogP contribution is 2.43. The van der Waals surface area contributed by atoms with Gasteiger partial charge in [-0.05, 0) is 12.1 Å². The molecule has 12 heavy (non-hydrogen) atoms. The van der Waals surface area contributed by atoms with E-state index < -0.39 is 7.52 Å². The maximum absolute atomic E-state index is 11.9. The molecule has 0 aliphatic carbocycles. The van der Waals surface area contributed by atoms with Gasteiger partial charge in [-0.3, -0.25) is 4.57 Å². The summed E-state index contributed by atoms with van der Waals surface area (Å²) in [5.41, 5.74) is 0. The summed E-state index contributed by atoms with van der Waals surface area (Å²) >= 11 is 0. The van der Waals surface area contributed by atoms with Gasteiger partial charge in [0, 0.05) is 6.54 Å². The first-order valence-electron chi connectivity index (χ1n) is 3.87. The van der Waals surface area contributed by atoms with Crippen LogP contribution in [0.4, 0.5) is 0 Å². The van der Waals surface area contributed by atoms with Crippen molar-refractivity contribution < 1.29 is 9.09 Å². The van der Waals surface area contributed by atoms with Crippen LogP contribution in [0, 0.1) is 0 Å². The Morgan fingerprint density at radius 3 is 2.67 bits per heavy atom. The van der Waals surface area contributed by atoms with Crippen LogP contribution >= 0.6 is 7.52 Å². The zero-order valence-corrected chi connectivity index (χ0v) is 7.46. The summed E-state index contributed by atoms with van der Waals surface area (Å²) in [4.78, 5) is 0. The third-order valence-electron chi connectivity index (χ3n) is 1.79. The molecule has 1 unspecified atom stereocenters. The lowest BCUT2D eigenvalue weighted by molar-refractivity contribution is 0.365. The Bertz CT molecular complexity index is 302. The first kappa shape index (κ1) is 7.99. The van der Waals surface area contributed by atoms with Crippen molar-refractivity contribution in [3.63, 3.8) is 0 Å². The van der Waals surface area contributed by atoms with Gasteiger partial charge >= 0.3 is 0 Å². The summed E-state index contributed by atoms with van der Waals surface area (Å²) in [5.74, 6) is 0. The van der Waals surface area contributed by atoms with Crippen LogP contribution in [-0.2, 0) is 9.09 Å². The zero-order valence-electron chi connectivity index (χ0n) is 6.56. The lowest BCUT2D eigenvalue weighted by Gasteiger charge is -2.09. The molecular formula is C8H10NO2P. The minimum atomic E-state index is -2.67. The third-order valence-corrected chi connectivity index (χ3v) is 3.96. The molecule has 0 spiro atoms. The molecule has 1 aliphatic heterocycles. The summed E-state index contributed by atoms with van der Waals surface area (Å²) in [5, 5.41) is 3.63. The van der Waals surface area contributed by atoms with Crippen molar-refractivity contribution in [1.82, 2.24) is 5.09 Å². The third kappa shape index (κ3) is 1.31. The molecule has 1 aliphatic rings. The van der Waals surface area contributed by atoms with E-state index in [9.17, 15) is 4.57 Å². The van der Waals surface area contributed by atoms with E-state index >= 15 is 0 Å². The molecule has 64 valence electrons. The first-order valence-corrected chi connectivity index (χ1v) is 5.49. The van der Waals surface area contributed by atoms with Gasteiger partial charge in [0.25, 0.3) is 7.52 Å². The van der Waals surface area contributed by atoms with E-state index in [4.69, 9.17) is 4.52 Å². The number of hydrogen-bond acceptors (Lipinski definition) is 2. The molecule has 3 nitrogen and oxygen atoms in total. The van der Waals surface area contributed by atoms with Crippen molar-refractivity contribution in [2.45, 2.75) is 0 Å². The Kier molecular flexibility index (Phi) is 2.01. The Hall–Kier alpha value is -0.630. The second kappa shape index (κ2) is 3.02. The van der Waals surface area contributed by atoms with Crippen LogP contribution in [0.5, 0.6) is 0 Å². The van der Waals surface area contributed by atoms with Gasteiger partial charge in [0.05, 0.1) is 11.9 Å². The zero-order chi connectivity index (χ0) is 8.44. The van der Waals surface area contributed by atoms with Crippen LogP contribution in [-0.4, -0.2) is 13.2 Å². The van der Waals surface area contributed by atoms with E-state index in [1.807, 2.05) is 30.3 Å². The van der Waals surface area contributed by atoms with Crippen LogP contribution in [0.3, 0.4) is 0 Å². The van der Waals surface area contributed by atoms with E-state index in [2.05, 4.69) is 5.09 Å². The van der Waals surface area contributed by atoms with Crippen molar-refractivity contribution in [3.8, 4) is 0 Å². The van der Waals surface area contributed by atoms with E-state index in [1.54, 1.807) is 0 Å². The smallest absolute Gasteiger partial charge is 0.299 e. The Balaban J connectivity index is 2.36.